The van der Waals surface area contributed by atoms with E-state index in [9.17, 15) is 4.79 Å². The number of nitriles is 1. The molecule has 1 aromatic carbocycles. The average Bonchev–Trinajstić information content (AvgIpc) is 2.17. The maximum Gasteiger partial charge on any atom is 0.307 e. The zero-order valence-electron chi connectivity index (χ0n) is 7.95. The molecule has 78 valence electrons. The first-order chi connectivity index (χ1) is 7.08. The van der Waals surface area contributed by atoms with E-state index in [0.717, 1.165) is 0 Å². The second-order valence-corrected chi connectivity index (χ2v) is 3.68. The number of aliphatic carboxylic acids is 1. The molecule has 1 rings (SSSR count). The minimum atomic E-state index is -0.969. The summed E-state index contributed by atoms with van der Waals surface area (Å²) in [4.78, 5) is 10.5. The highest BCUT2D eigenvalue weighted by Crippen LogP contribution is 2.28. The van der Waals surface area contributed by atoms with Crippen LogP contribution in [0.5, 0.6) is 5.75 Å². The number of hydrogen-bond donors (Lipinski definition) is 1. The summed E-state index contributed by atoms with van der Waals surface area (Å²) in [6.07, 6.45) is -0.175. The zero-order chi connectivity index (χ0) is 11.4. The number of nitrogens with zero attached hydrogens (tertiary/aromatic N) is 1. The number of rotatable bonds is 3. The van der Waals surface area contributed by atoms with Gasteiger partial charge in [-0.05, 0) is 33.6 Å². The van der Waals surface area contributed by atoms with Crippen molar-refractivity contribution in [2.24, 2.45) is 0 Å². The molecule has 0 amide bonds. The number of carbonyl (C=O) groups is 1. The second kappa shape index (κ2) is 4.80. The van der Waals surface area contributed by atoms with Crippen molar-refractivity contribution in [2.45, 2.75) is 6.42 Å². The van der Waals surface area contributed by atoms with Crippen molar-refractivity contribution in [2.75, 3.05) is 7.11 Å². The van der Waals surface area contributed by atoms with Gasteiger partial charge in [0.25, 0.3) is 0 Å². The first-order valence-corrected chi connectivity index (χ1v) is 4.86. The molecular weight excluding hydrogens is 262 g/mol. The van der Waals surface area contributed by atoms with Crippen molar-refractivity contribution in [1.29, 1.82) is 5.26 Å². The molecule has 0 saturated heterocycles. The predicted octanol–water partition coefficient (Wildman–Crippen LogP) is 1.96. The summed E-state index contributed by atoms with van der Waals surface area (Å²) >= 11 is 3.23. The number of methoxy groups -OCH3 is 1. The third-order valence-electron chi connectivity index (χ3n) is 1.84. The van der Waals surface area contributed by atoms with Gasteiger partial charge in [-0.1, -0.05) is 0 Å². The lowest BCUT2D eigenvalue weighted by atomic mass is 10.1. The summed E-state index contributed by atoms with van der Waals surface area (Å²) in [7, 11) is 1.48. The van der Waals surface area contributed by atoms with Gasteiger partial charge in [-0.2, -0.15) is 5.26 Å². The largest absolute Gasteiger partial charge is 0.496 e. The molecule has 0 bridgehead atoms. The lowest BCUT2D eigenvalue weighted by molar-refractivity contribution is -0.136. The van der Waals surface area contributed by atoms with Crippen LogP contribution in [-0.4, -0.2) is 18.2 Å². The van der Waals surface area contributed by atoms with Crippen molar-refractivity contribution < 1.29 is 14.6 Å². The SMILES string of the molecule is COc1cc(C#N)c(CC(=O)O)cc1Br. The van der Waals surface area contributed by atoms with E-state index in [1.54, 1.807) is 6.07 Å². The summed E-state index contributed by atoms with van der Waals surface area (Å²) < 4.78 is 5.64. The molecular formula is C10H8BrNO3. The van der Waals surface area contributed by atoms with E-state index in [0.29, 0.717) is 21.3 Å². The fourth-order valence-electron chi connectivity index (χ4n) is 1.16. The van der Waals surface area contributed by atoms with Gasteiger partial charge in [-0.25, -0.2) is 0 Å². The van der Waals surface area contributed by atoms with Crippen molar-refractivity contribution in [3.63, 3.8) is 0 Å². The topological polar surface area (TPSA) is 70.3 Å². The van der Waals surface area contributed by atoms with Crippen molar-refractivity contribution >= 4 is 21.9 Å². The maximum absolute atomic E-state index is 10.5. The Morgan fingerprint density at radius 3 is 2.80 bits per heavy atom. The highest BCUT2D eigenvalue weighted by molar-refractivity contribution is 9.10. The summed E-state index contributed by atoms with van der Waals surface area (Å²) in [5.41, 5.74) is 0.787. The molecule has 0 aliphatic rings. The summed E-state index contributed by atoms with van der Waals surface area (Å²) in [6, 6.07) is 5.04. The molecule has 0 saturated carbocycles. The average molecular weight is 270 g/mol. The van der Waals surface area contributed by atoms with Gasteiger partial charge in [0.05, 0.1) is 29.6 Å². The quantitative estimate of drug-likeness (QED) is 0.911. The van der Waals surface area contributed by atoms with Gasteiger partial charge in [0.2, 0.25) is 0 Å². The van der Waals surface area contributed by atoms with E-state index in [1.807, 2.05) is 6.07 Å². The Hall–Kier alpha value is -1.54. The van der Waals surface area contributed by atoms with Crippen LogP contribution in [-0.2, 0) is 11.2 Å². The molecule has 0 spiro atoms. The normalized spacial score (nSPS) is 9.40. The minimum absolute atomic E-state index is 0.175. The van der Waals surface area contributed by atoms with Crippen LogP contribution in [0, 0.1) is 11.3 Å². The van der Waals surface area contributed by atoms with Crippen molar-refractivity contribution in [1.82, 2.24) is 0 Å². The van der Waals surface area contributed by atoms with E-state index in [4.69, 9.17) is 15.1 Å². The zero-order valence-corrected chi connectivity index (χ0v) is 9.54. The van der Waals surface area contributed by atoms with Gasteiger partial charge in [0, 0.05) is 0 Å². The Kier molecular flexibility index (Phi) is 3.69. The molecule has 0 aliphatic carbocycles. The molecule has 0 unspecified atom stereocenters. The van der Waals surface area contributed by atoms with Gasteiger partial charge in [0.1, 0.15) is 5.75 Å². The number of ether oxygens (including phenoxy) is 1. The van der Waals surface area contributed by atoms with E-state index in [2.05, 4.69) is 15.9 Å². The Labute approximate surface area is 95.2 Å². The molecule has 15 heavy (non-hydrogen) atoms. The van der Waals surface area contributed by atoms with Crippen LogP contribution in [0.1, 0.15) is 11.1 Å². The van der Waals surface area contributed by atoms with Gasteiger partial charge in [0.15, 0.2) is 0 Å². The van der Waals surface area contributed by atoms with Crippen LogP contribution in [0.3, 0.4) is 0 Å². The van der Waals surface area contributed by atoms with Crippen molar-refractivity contribution in [3.05, 3.63) is 27.7 Å². The summed E-state index contributed by atoms with van der Waals surface area (Å²) in [6.45, 7) is 0. The van der Waals surface area contributed by atoms with Gasteiger partial charge in [-0.3, -0.25) is 4.79 Å². The highest BCUT2D eigenvalue weighted by Gasteiger charge is 2.11. The molecule has 0 aromatic heterocycles. The predicted molar refractivity (Wildman–Crippen MR) is 56.7 cm³/mol. The van der Waals surface area contributed by atoms with Gasteiger partial charge >= 0.3 is 5.97 Å². The monoisotopic (exact) mass is 269 g/mol. The summed E-state index contributed by atoms with van der Waals surface area (Å²) in [5, 5.41) is 17.5. The molecule has 0 aliphatic heterocycles. The number of halogens is 1. The maximum atomic E-state index is 10.5. The molecule has 4 nitrogen and oxygen atoms in total. The lowest BCUT2D eigenvalue weighted by Gasteiger charge is -2.07. The van der Waals surface area contributed by atoms with E-state index < -0.39 is 5.97 Å². The minimum Gasteiger partial charge on any atom is -0.496 e. The van der Waals surface area contributed by atoms with Crippen LogP contribution in [0.15, 0.2) is 16.6 Å². The smallest absolute Gasteiger partial charge is 0.307 e. The molecule has 5 heteroatoms. The molecule has 1 N–H and O–H groups in total. The number of benzene rings is 1. The first-order valence-electron chi connectivity index (χ1n) is 4.06. The first kappa shape index (κ1) is 11.5. The molecule has 0 heterocycles. The van der Waals surface area contributed by atoms with E-state index in [1.165, 1.54) is 13.2 Å². The van der Waals surface area contributed by atoms with Crippen LogP contribution in [0.4, 0.5) is 0 Å². The fraction of sp³-hybridized carbons (Fsp3) is 0.200. The van der Waals surface area contributed by atoms with Crippen molar-refractivity contribution in [3.8, 4) is 11.8 Å². The third-order valence-corrected chi connectivity index (χ3v) is 2.46. The molecule has 0 atom stereocenters. The van der Waals surface area contributed by atoms with Crippen LogP contribution in [0.2, 0.25) is 0 Å². The standard InChI is InChI=1S/C10H8BrNO3/c1-15-9-3-7(5-12)6(2-8(9)11)4-10(13)14/h2-3H,4H2,1H3,(H,13,14). The molecule has 0 fully saturated rings. The van der Waals surface area contributed by atoms with Gasteiger partial charge in [-0.15, -0.1) is 0 Å². The second-order valence-electron chi connectivity index (χ2n) is 2.83. The lowest BCUT2D eigenvalue weighted by Crippen LogP contribution is -2.03. The Morgan fingerprint density at radius 2 is 2.33 bits per heavy atom. The Balaban J connectivity index is 3.22. The highest BCUT2D eigenvalue weighted by atomic mass is 79.9. The molecule has 0 radical (unpaired) electrons. The molecule has 1 aromatic rings. The third kappa shape index (κ3) is 2.70. The van der Waals surface area contributed by atoms with E-state index >= 15 is 0 Å². The Bertz CT molecular complexity index is 437. The van der Waals surface area contributed by atoms with Crippen LogP contribution < -0.4 is 4.74 Å². The Morgan fingerprint density at radius 1 is 1.67 bits per heavy atom. The van der Waals surface area contributed by atoms with Gasteiger partial charge < -0.3 is 9.84 Å². The van der Waals surface area contributed by atoms with Crippen LogP contribution >= 0.6 is 15.9 Å². The fourth-order valence-corrected chi connectivity index (χ4v) is 1.72. The van der Waals surface area contributed by atoms with Crippen LogP contribution in [0.25, 0.3) is 0 Å². The summed E-state index contributed by atoms with van der Waals surface area (Å²) in [5.74, 6) is -0.454. The number of hydrogen-bond acceptors (Lipinski definition) is 3. The van der Waals surface area contributed by atoms with E-state index in [-0.39, 0.29) is 6.42 Å². The number of carboxylic acid groups (broad SMARTS) is 1. The number of carboxylic acids is 1.